The minimum absolute atomic E-state index is 0.197. The minimum atomic E-state index is -3.50. The summed E-state index contributed by atoms with van der Waals surface area (Å²) >= 11 is 1.18. The van der Waals surface area contributed by atoms with E-state index in [0.717, 1.165) is 23.2 Å². The van der Waals surface area contributed by atoms with Crippen LogP contribution in [0.2, 0.25) is 0 Å². The van der Waals surface area contributed by atoms with Gasteiger partial charge in [0.2, 0.25) is 10.0 Å². The van der Waals surface area contributed by atoms with Crippen LogP contribution in [-0.2, 0) is 29.5 Å². The third-order valence-electron chi connectivity index (χ3n) is 2.93. The zero-order valence-corrected chi connectivity index (χ0v) is 12.8. The molecule has 0 aliphatic carbocycles. The Morgan fingerprint density at radius 1 is 1.45 bits per heavy atom. The Morgan fingerprint density at radius 3 is 2.90 bits per heavy atom. The number of aromatic nitrogens is 1. The fourth-order valence-corrected chi connectivity index (χ4v) is 4.04. The molecule has 0 aliphatic heterocycles. The summed E-state index contributed by atoms with van der Waals surface area (Å²) in [7, 11) is -3.50. The molecule has 2 aromatic rings. The molecule has 2 rings (SSSR count). The summed E-state index contributed by atoms with van der Waals surface area (Å²) in [6.45, 7) is 2.55. The molecule has 0 fully saturated rings. The molecule has 3 N–H and O–H groups in total. The summed E-state index contributed by atoms with van der Waals surface area (Å²) < 4.78 is 27.2. The molecule has 7 heteroatoms. The van der Waals surface area contributed by atoms with Crippen molar-refractivity contribution < 1.29 is 8.42 Å². The number of nitrogens with two attached hydrogens (primary N) is 1. The molecule has 2 aromatic heterocycles. The highest BCUT2D eigenvalue weighted by molar-refractivity contribution is 7.91. The van der Waals surface area contributed by atoms with Gasteiger partial charge in [-0.25, -0.2) is 13.1 Å². The predicted molar refractivity (Wildman–Crippen MR) is 79.9 cm³/mol. The van der Waals surface area contributed by atoms with Gasteiger partial charge in [-0.15, -0.1) is 11.3 Å². The average molecular weight is 311 g/mol. The van der Waals surface area contributed by atoms with E-state index in [2.05, 4.69) is 9.71 Å². The standard InChI is InChI=1S/C13H17N3O2S2/c1-2-11-4-3-5-15-12(11)8-16-20(17,18)13-6-10(7-14)9-19-13/h3-6,9,16H,2,7-8,14H2,1H3. The van der Waals surface area contributed by atoms with Gasteiger partial charge in [-0.2, -0.15) is 0 Å². The van der Waals surface area contributed by atoms with E-state index in [9.17, 15) is 8.42 Å². The first-order chi connectivity index (χ1) is 9.56. The third kappa shape index (κ3) is 3.43. The van der Waals surface area contributed by atoms with Gasteiger partial charge in [0.1, 0.15) is 4.21 Å². The van der Waals surface area contributed by atoms with Gasteiger partial charge in [0.15, 0.2) is 0 Å². The first-order valence-corrected chi connectivity index (χ1v) is 8.63. The molecule has 108 valence electrons. The number of nitrogens with one attached hydrogen (secondary N) is 1. The van der Waals surface area contributed by atoms with E-state index in [0.29, 0.717) is 6.54 Å². The van der Waals surface area contributed by atoms with Crippen LogP contribution in [0.3, 0.4) is 0 Å². The highest BCUT2D eigenvalue weighted by atomic mass is 32.2. The molecule has 0 aromatic carbocycles. The molecule has 0 saturated heterocycles. The van der Waals surface area contributed by atoms with Gasteiger partial charge in [-0.05, 0) is 35.1 Å². The van der Waals surface area contributed by atoms with Gasteiger partial charge < -0.3 is 5.73 Å². The van der Waals surface area contributed by atoms with Crippen LogP contribution >= 0.6 is 11.3 Å². The maximum atomic E-state index is 12.2. The summed E-state index contributed by atoms with van der Waals surface area (Å²) in [5.74, 6) is 0. The lowest BCUT2D eigenvalue weighted by Crippen LogP contribution is -2.23. The molecular weight excluding hydrogens is 294 g/mol. The van der Waals surface area contributed by atoms with E-state index in [1.807, 2.05) is 19.1 Å². The number of pyridine rings is 1. The molecule has 0 saturated carbocycles. The number of nitrogens with zero attached hydrogens (tertiary/aromatic N) is 1. The first-order valence-electron chi connectivity index (χ1n) is 6.26. The van der Waals surface area contributed by atoms with Crippen molar-refractivity contribution in [3.05, 3.63) is 46.6 Å². The number of aryl methyl sites for hydroxylation is 1. The molecule has 0 bridgehead atoms. The summed E-state index contributed by atoms with van der Waals surface area (Å²) in [5.41, 5.74) is 8.12. The van der Waals surface area contributed by atoms with E-state index in [1.165, 1.54) is 11.3 Å². The first kappa shape index (κ1) is 15.1. The van der Waals surface area contributed by atoms with E-state index in [1.54, 1.807) is 17.6 Å². The zero-order valence-electron chi connectivity index (χ0n) is 11.2. The highest BCUT2D eigenvalue weighted by Gasteiger charge is 2.17. The molecule has 2 heterocycles. The van der Waals surface area contributed by atoms with Crippen molar-refractivity contribution in [2.24, 2.45) is 5.73 Å². The van der Waals surface area contributed by atoms with Crippen LogP contribution in [-0.4, -0.2) is 13.4 Å². The van der Waals surface area contributed by atoms with Crippen LogP contribution in [0.4, 0.5) is 0 Å². The van der Waals surface area contributed by atoms with Crippen LogP contribution in [0.1, 0.15) is 23.7 Å². The Kier molecular flexibility index (Phi) is 4.87. The van der Waals surface area contributed by atoms with Crippen molar-refractivity contribution in [2.75, 3.05) is 0 Å². The maximum Gasteiger partial charge on any atom is 0.250 e. The summed E-state index contributed by atoms with van der Waals surface area (Å²) in [4.78, 5) is 4.22. The average Bonchev–Trinajstić information content (AvgIpc) is 2.95. The van der Waals surface area contributed by atoms with Crippen molar-refractivity contribution in [1.82, 2.24) is 9.71 Å². The Balaban J connectivity index is 2.13. The second-order valence-corrected chi connectivity index (χ2v) is 7.17. The summed E-state index contributed by atoms with van der Waals surface area (Å²) in [6, 6.07) is 5.41. The van der Waals surface area contributed by atoms with Crippen molar-refractivity contribution in [3.8, 4) is 0 Å². The van der Waals surface area contributed by atoms with E-state index in [4.69, 9.17) is 5.73 Å². The molecule has 0 unspecified atom stereocenters. The van der Waals surface area contributed by atoms with Crippen molar-refractivity contribution in [2.45, 2.75) is 30.6 Å². The molecule has 5 nitrogen and oxygen atoms in total. The quantitative estimate of drug-likeness (QED) is 0.849. The monoisotopic (exact) mass is 311 g/mol. The lowest BCUT2D eigenvalue weighted by Gasteiger charge is -2.07. The topological polar surface area (TPSA) is 85.1 Å². The number of rotatable bonds is 6. The number of hydrogen-bond acceptors (Lipinski definition) is 5. The van der Waals surface area contributed by atoms with Gasteiger partial charge in [0.25, 0.3) is 0 Å². The zero-order chi connectivity index (χ0) is 14.6. The number of sulfonamides is 1. The second kappa shape index (κ2) is 6.45. The Bertz CT molecular complexity index is 680. The maximum absolute atomic E-state index is 12.2. The van der Waals surface area contributed by atoms with E-state index < -0.39 is 10.0 Å². The third-order valence-corrected chi connectivity index (χ3v) is 5.81. The van der Waals surface area contributed by atoms with Gasteiger partial charge in [-0.1, -0.05) is 13.0 Å². The number of hydrogen-bond donors (Lipinski definition) is 2. The Labute approximate surface area is 122 Å². The predicted octanol–water partition coefficient (Wildman–Crippen LogP) is 1.64. The second-order valence-electron chi connectivity index (χ2n) is 4.27. The molecule has 0 radical (unpaired) electrons. The molecule has 0 spiro atoms. The van der Waals surface area contributed by atoms with Crippen LogP contribution in [0.15, 0.2) is 34.0 Å². The molecule has 20 heavy (non-hydrogen) atoms. The van der Waals surface area contributed by atoms with Crippen molar-refractivity contribution in [1.29, 1.82) is 0 Å². The largest absolute Gasteiger partial charge is 0.326 e. The Morgan fingerprint density at radius 2 is 2.25 bits per heavy atom. The van der Waals surface area contributed by atoms with Crippen LogP contribution < -0.4 is 10.5 Å². The molecular formula is C13H17N3O2S2. The van der Waals surface area contributed by atoms with Gasteiger partial charge in [-0.3, -0.25) is 4.98 Å². The lowest BCUT2D eigenvalue weighted by atomic mass is 10.1. The van der Waals surface area contributed by atoms with E-state index in [-0.39, 0.29) is 10.8 Å². The fourth-order valence-electron chi connectivity index (χ4n) is 1.79. The van der Waals surface area contributed by atoms with E-state index >= 15 is 0 Å². The highest BCUT2D eigenvalue weighted by Crippen LogP contribution is 2.20. The van der Waals surface area contributed by atoms with Gasteiger partial charge >= 0.3 is 0 Å². The van der Waals surface area contributed by atoms with Crippen LogP contribution in [0, 0.1) is 0 Å². The summed E-state index contributed by atoms with van der Waals surface area (Å²) in [5, 5.41) is 1.76. The van der Waals surface area contributed by atoms with Crippen LogP contribution in [0.25, 0.3) is 0 Å². The van der Waals surface area contributed by atoms with Gasteiger partial charge in [0.05, 0.1) is 12.2 Å². The smallest absolute Gasteiger partial charge is 0.250 e. The number of thiophene rings is 1. The molecule has 0 aliphatic rings. The van der Waals surface area contributed by atoms with Crippen molar-refractivity contribution >= 4 is 21.4 Å². The minimum Gasteiger partial charge on any atom is -0.326 e. The fraction of sp³-hybridized carbons (Fsp3) is 0.308. The molecule has 0 atom stereocenters. The van der Waals surface area contributed by atoms with Crippen molar-refractivity contribution in [3.63, 3.8) is 0 Å². The normalized spacial score (nSPS) is 11.7. The summed E-state index contributed by atoms with van der Waals surface area (Å²) in [6.07, 6.45) is 2.49. The van der Waals surface area contributed by atoms with Gasteiger partial charge in [0, 0.05) is 12.7 Å². The SMILES string of the molecule is CCc1cccnc1CNS(=O)(=O)c1cc(CN)cs1. The molecule has 0 amide bonds. The van der Waals surface area contributed by atoms with Crippen LogP contribution in [0.5, 0.6) is 0 Å². The lowest BCUT2D eigenvalue weighted by molar-refractivity contribution is 0.582. The Hall–Kier alpha value is -1.28.